The van der Waals surface area contributed by atoms with E-state index in [9.17, 15) is 13.2 Å². The lowest BCUT2D eigenvalue weighted by molar-refractivity contribution is -0.121. The average Bonchev–Trinajstić information content (AvgIpc) is 2.61. The Hall–Kier alpha value is -2.18. The van der Waals surface area contributed by atoms with Gasteiger partial charge in [0.2, 0.25) is 15.9 Å². The Morgan fingerprint density at radius 2 is 1.67 bits per heavy atom. The third-order valence-electron chi connectivity index (χ3n) is 3.82. The second-order valence-electron chi connectivity index (χ2n) is 5.55. The van der Waals surface area contributed by atoms with E-state index in [4.69, 9.17) is 0 Å². The predicted molar refractivity (Wildman–Crippen MR) is 94.0 cm³/mol. The molecular formula is C18H22N2O3S. The van der Waals surface area contributed by atoms with Gasteiger partial charge in [-0.1, -0.05) is 42.5 Å². The van der Waals surface area contributed by atoms with Crippen LogP contribution < -0.4 is 10.0 Å². The highest BCUT2D eigenvalue weighted by Gasteiger charge is 2.12. The molecule has 128 valence electrons. The summed E-state index contributed by atoms with van der Waals surface area (Å²) in [5.41, 5.74) is 1.99. The van der Waals surface area contributed by atoms with E-state index < -0.39 is 10.0 Å². The first-order chi connectivity index (χ1) is 11.4. The molecule has 0 aliphatic rings. The number of aryl methyl sites for hydroxylation is 1. The summed E-state index contributed by atoms with van der Waals surface area (Å²) in [5, 5.41) is 2.97. The quantitative estimate of drug-likeness (QED) is 0.808. The topological polar surface area (TPSA) is 75.3 Å². The number of benzene rings is 2. The highest BCUT2D eigenvalue weighted by atomic mass is 32.2. The standard InChI is InChI=1S/C18H22N2O3S/c1-14(16-6-4-3-5-7-16)20-18(21)13-10-15-8-11-17(12-9-15)24(22,23)19-2/h3-9,11-12,14,19H,10,13H2,1-2H3,(H,20,21)/t14-/m0/s1. The van der Waals surface area contributed by atoms with Gasteiger partial charge in [0.25, 0.3) is 0 Å². The van der Waals surface area contributed by atoms with Crippen molar-refractivity contribution in [2.75, 3.05) is 7.05 Å². The lowest BCUT2D eigenvalue weighted by Gasteiger charge is -2.14. The molecule has 6 heteroatoms. The number of carbonyl (C=O) groups is 1. The summed E-state index contributed by atoms with van der Waals surface area (Å²) in [6.45, 7) is 1.95. The largest absolute Gasteiger partial charge is 0.350 e. The van der Waals surface area contributed by atoms with E-state index in [2.05, 4.69) is 10.0 Å². The maximum atomic E-state index is 12.1. The molecule has 0 unspecified atom stereocenters. The fourth-order valence-corrected chi connectivity index (χ4v) is 3.08. The highest BCUT2D eigenvalue weighted by Crippen LogP contribution is 2.13. The van der Waals surface area contributed by atoms with E-state index in [1.165, 1.54) is 7.05 Å². The van der Waals surface area contributed by atoms with Crippen LogP contribution in [-0.4, -0.2) is 21.4 Å². The van der Waals surface area contributed by atoms with E-state index >= 15 is 0 Å². The zero-order chi connectivity index (χ0) is 17.6. The van der Waals surface area contributed by atoms with Crippen LogP contribution in [0.15, 0.2) is 59.5 Å². The molecule has 2 aromatic carbocycles. The van der Waals surface area contributed by atoms with Gasteiger partial charge in [0.05, 0.1) is 10.9 Å². The van der Waals surface area contributed by atoms with E-state index in [-0.39, 0.29) is 16.8 Å². The maximum Gasteiger partial charge on any atom is 0.240 e. The van der Waals surface area contributed by atoms with Crippen molar-refractivity contribution in [2.45, 2.75) is 30.7 Å². The third kappa shape index (κ3) is 4.91. The second-order valence-corrected chi connectivity index (χ2v) is 7.44. The Morgan fingerprint density at radius 1 is 1.04 bits per heavy atom. The summed E-state index contributed by atoms with van der Waals surface area (Å²) in [6.07, 6.45) is 0.919. The van der Waals surface area contributed by atoms with Gasteiger partial charge in [-0.25, -0.2) is 13.1 Å². The SMILES string of the molecule is CNS(=O)(=O)c1ccc(CCC(=O)N[C@@H](C)c2ccccc2)cc1. The van der Waals surface area contributed by atoms with Crippen molar-refractivity contribution in [3.63, 3.8) is 0 Å². The predicted octanol–water partition coefficient (Wildman–Crippen LogP) is 2.40. The van der Waals surface area contributed by atoms with Crippen molar-refractivity contribution in [1.29, 1.82) is 0 Å². The van der Waals surface area contributed by atoms with Gasteiger partial charge in [-0.15, -0.1) is 0 Å². The molecule has 2 N–H and O–H groups in total. The Balaban J connectivity index is 1.88. The van der Waals surface area contributed by atoms with Crippen molar-refractivity contribution < 1.29 is 13.2 Å². The van der Waals surface area contributed by atoms with Crippen molar-refractivity contribution in [3.05, 3.63) is 65.7 Å². The zero-order valence-electron chi connectivity index (χ0n) is 13.8. The summed E-state index contributed by atoms with van der Waals surface area (Å²) >= 11 is 0. The molecular weight excluding hydrogens is 324 g/mol. The van der Waals surface area contributed by atoms with Crippen LogP contribution in [0.2, 0.25) is 0 Å². The van der Waals surface area contributed by atoms with Gasteiger partial charge in [-0.2, -0.15) is 0 Å². The number of sulfonamides is 1. The molecule has 1 atom stereocenters. The zero-order valence-corrected chi connectivity index (χ0v) is 14.6. The van der Waals surface area contributed by atoms with Crippen molar-refractivity contribution in [3.8, 4) is 0 Å². The van der Waals surface area contributed by atoms with E-state index in [1.54, 1.807) is 24.3 Å². The molecule has 1 amide bonds. The monoisotopic (exact) mass is 346 g/mol. The van der Waals surface area contributed by atoms with Crippen molar-refractivity contribution >= 4 is 15.9 Å². The fourth-order valence-electron chi connectivity index (χ4n) is 2.35. The Morgan fingerprint density at radius 3 is 2.25 bits per heavy atom. The number of amides is 1. The third-order valence-corrected chi connectivity index (χ3v) is 5.25. The van der Waals surface area contributed by atoms with Gasteiger partial charge in [0.1, 0.15) is 0 Å². The molecule has 0 bridgehead atoms. The minimum Gasteiger partial charge on any atom is -0.350 e. The Kier molecular flexibility index (Phi) is 6.11. The molecule has 5 nitrogen and oxygen atoms in total. The van der Waals surface area contributed by atoms with Gasteiger partial charge >= 0.3 is 0 Å². The average molecular weight is 346 g/mol. The van der Waals surface area contributed by atoms with Gasteiger partial charge in [-0.3, -0.25) is 4.79 Å². The van der Waals surface area contributed by atoms with Gasteiger partial charge in [0, 0.05) is 6.42 Å². The van der Waals surface area contributed by atoms with Gasteiger partial charge < -0.3 is 5.32 Å². The number of hydrogen-bond acceptors (Lipinski definition) is 3. The number of carbonyl (C=O) groups excluding carboxylic acids is 1. The first-order valence-corrected chi connectivity index (χ1v) is 9.27. The number of hydrogen-bond donors (Lipinski definition) is 2. The summed E-state index contributed by atoms with van der Waals surface area (Å²) in [5.74, 6) is -0.0294. The lowest BCUT2D eigenvalue weighted by Crippen LogP contribution is -2.26. The van der Waals surface area contributed by atoms with Gasteiger partial charge in [0.15, 0.2) is 0 Å². The van der Waals surface area contributed by atoms with Crippen LogP contribution in [0.25, 0.3) is 0 Å². The van der Waals surface area contributed by atoms with Crippen molar-refractivity contribution in [2.24, 2.45) is 0 Å². The second kappa shape index (κ2) is 8.08. The van der Waals surface area contributed by atoms with Crippen LogP contribution in [-0.2, 0) is 21.2 Å². The number of rotatable bonds is 7. The van der Waals surface area contributed by atoms with E-state index in [1.807, 2.05) is 37.3 Å². The highest BCUT2D eigenvalue weighted by molar-refractivity contribution is 7.89. The van der Waals surface area contributed by atoms with Crippen LogP contribution in [0.4, 0.5) is 0 Å². The molecule has 24 heavy (non-hydrogen) atoms. The van der Waals surface area contributed by atoms with Crippen LogP contribution in [0.5, 0.6) is 0 Å². The van der Waals surface area contributed by atoms with Crippen molar-refractivity contribution in [1.82, 2.24) is 10.0 Å². The minimum absolute atomic E-state index is 0.0294. The smallest absolute Gasteiger partial charge is 0.240 e. The molecule has 2 aromatic rings. The molecule has 0 aromatic heterocycles. The molecule has 0 fully saturated rings. The van der Waals surface area contributed by atoms with Crippen LogP contribution in [0.1, 0.15) is 30.5 Å². The maximum absolute atomic E-state index is 12.1. The Labute approximate surface area is 143 Å². The van der Waals surface area contributed by atoms with Gasteiger partial charge in [-0.05, 0) is 43.7 Å². The molecule has 0 saturated heterocycles. The first kappa shape index (κ1) is 18.2. The molecule has 2 rings (SSSR count). The summed E-state index contributed by atoms with van der Waals surface area (Å²) in [7, 11) is -2.05. The van der Waals surface area contributed by atoms with Crippen LogP contribution in [0.3, 0.4) is 0 Å². The van der Waals surface area contributed by atoms with Crippen LogP contribution >= 0.6 is 0 Å². The van der Waals surface area contributed by atoms with E-state index in [0.29, 0.717) is 12.8 Å². The molecule has 0 spiro atoms. The Bertz CT molecular complexity index is 772. The molecule has 0 aliphatic heterocycles. The lowest BCUT2D eigenvalue weighted by atomic mass is 10.1. The molecule has 0 aliphatic carbocycles. The summed E-state index contributed by atoms with van der Waals surface area (Å²) < 4.78 is 25.6. The molecule has 0 heterocycles. The summed E-state index contributed by atoms with van der Waals surface area (Å²) in [4.78, 5) is 12.3. The normalized spacial score (nSPS) is 12.6. The summed E-state index contributed by atoms with van der Waals surface area (Å²) in [6, 6.07) is 16.3. The molecule has 0 radical (unpaired) electrons. The minimum atomic E-state index is -3.42. The van der Waals surface area contributed by atoms with E-state index in [0.717, 1.165) is 11.1 Å². The number of nitrogens with one attached hydrogen (secondary N) is 2. The first-order valence-electron chi connectivity index (χ1n) is 7.79. The van der Waals surface area contributed by atoms with Crippen LogP contribution in [0, 0.1) is 0 Å². The fraction of sp³-hybridized carbons (Fsp3) is 0.278. The molecule has 0 saturated carbocycles.